The number of aromatic nitrogens is 1. The summed E-state index contributed by atoms with van der Waals surface area (Å²) in [5.41, 5.74) is 0.902. The molecule has 0 unspecified atom stereocenters. The predicted molar refractivity (Wildman–Crippen MR) is 92.3 cm³/mol. The van der Waals surface area contributed by atoms with Gasteiger partial charge in [0.2, 0.25) is 0 Å². The summed E-state index contributed by atoms with van der Waals surface area (Å²) < 4.78 is 2.27. The van der Waals surface area contributed by atoms with E-state index in [-0.39, 0.29) is 11.5 Å². The predicted octanol–water partition coefficient (Wildman–Crippen LogP) is 3.14. The molecule has 1 aromatic heterocycles. The normalized spacial score (nSPS) is 11.3. The molecule has 1 aromatic carbocycles. The zero-order chi connectivity index (χ0) is 15.9. The number of carbonyl (C=O) groups excluding carboxylic acids is 1. The van der Waals surface area contributed by atoms with Crippen LogP contribution in [0.1, 0.15) is 18.9 Å². The van der Waals surface area contributed by atoms with Crippen LogP contribution in [0.15, 0.2) is 57.9 Å². The average molecular weight is 361 g/mol. The van der Waals surface area contributed by atoms with Gasteiger partial charge in [-0.3, -0.25) is 14.2 Å². The Bertz CT molecular complexity index is 750. The van der Waals surface area contributed by atoms with Crippen molar-refractivity contribution in [3.63, 3.8) is 0 Å². The Morgan fingerprint density at radius 2 is 2.09 bits per heavy atom. The number of rotatable bonds is 5. The van der Waals surface area contributed by atoms with Crippen LogP contribution in [0.2, 0.25) is 0 Å². The highest BCUT2D eigenvalue weighted by molar-refractivity contribution is 9.10. The summed E-state index contributed by atoms with van der Waals surface area (Å²) in [5.74, 6) is -0.268. The van der Waals surface area contributed by atoms with Gasteiger partial charge in [0, 0.05) is 23.3 Å². The van der Waals surface area contributed by atoms with Crippen LogP contribution in [-0.2, 0) is 4.79 Å². The summed E-state index contributed by atoms with van der Waals surface area (Å²) in [5, 5.41) is 2.81. The number of halogens is 1. The fourth-order valence-electron chi connectivity index (χ4n) is 1.95. The summed E-state index contributed by atoms with van der Waals surface area (Å²) >= 11 is 3.40. The molecule has 0 aliphatic carbocycles. The molecule has 5 heteroatoms. The van der Waals surface area contributed by atoms with Crippen molar-refractivity contribution in [3.05, 3.63) is 69.1 Å². The molecule has 1 N–H and O–H groups in total. The van der Waals surface area contributed by atoms with Gasteiger partial charge < -0.3 is 5.32 Å². The van der Waals surface area contributed by atoms with E-state index in [1.54, 1.807) is 24.4 Å². The number of pyridine rings is 1. The smallest absolute Gasteiger partial charge is 0.268 e. The maximum absolute atomic E-state index is 12.4. The molecule has 0 fully saturated rings. The SMILES string of the molecule is CCCNC(=O)/C(=C\c1cccc(Br)c1)n1ccccc1=O. The Balaban J connectivity index is 2.48. The number of carbonyl (C=O) groups is 1. The van der Waals surface area contributed by atoms with Gasteiger partial charge in [-0.1, -0.05) is 41.1 Å². The van der Waals surface area contributed by atoms with Gasteiger partial charge in [0.15, 0.2) is 0 Å². The lowest BCUT2D eigenvalue weighted by molar-refractivity contribution is -0.115. The van der Waals surface area contributed by atoms with E-state index >= 15 is 0 Å². The summed E-state index contributed by atoms with van der Waals surface area (Å²) in [7, 11) is 0. The number of hydrogen-bond acceptors (Lipinski definition) is 2. The zero-order valence-electron chi connectivity index (χ0n) is 12.3. The summed E-state index contributed by atoms with van der Waals surface area (Å²) in [6.07, 6.45) is 4.13. The molecular weight excluding hydrogens is 344 g/mol. The second-order valence-corrected chi connectivity index (χ2v) is 5.67. The highest BCUT2D eigenvalue weighted by Crippen LogP contribution is 2.16. The van der Waals surface area contributed by atoms with Gasteiger partial charge in [-0.15, -0.1) is 0 Å². The van der Waals surface area contributed by atoms with Gasteiger partial charge in [0.05, 0.1) is 0 Å². The first-order valence-corrected chi connectivity index (χ1v) is 7.84. The van der Waals surface area contributed by atoms with Crippen LogP contribution in [0.25, 0.3) is 11.8 Å². The molecule has 0 aliphatic heterocycles. The third-order valence-electron chi connectivity index (χ3n) is 3.00. The fourth-order valence-corrected chi connectivity index (χ4v) is 2.37. The Morgan fingerprint density at radius 3 is 2.77 bits per heavy atom. The van der Waals surface area contributed by atoms with Crippen LogP contribution in [0.5, 0.6) is 0 Å². The number of nitrogens with one attached hydrogen (secondary N) is 1. The lowest BCUT2D eigenvalue weighted by Crippen LogP contribution is -2.31. The van der Waals surface area contributed by atoms with Crippen LogP contribution in [-0.4, -0.2) is 17.0 Å². The van der Waals surface area contributed by atoms with Crippen LogP contribution in [0, 0.1) is 0 Å². The second-order valence-electron chi connectivity index (χ2n) is 4.75. The van der Waals surface area contributed by atoms with Gasteiger partial charge in [0.1, 0.15) is 5.70 Å². The van der Waals surface area contributed by atoms with E-state index in [2.05, 4.69) is 21.2 Å². The number of amides is 1. The van der Waals surface area contributed by atoms with Crippen molar-refractivity contribution < 1.29 is 4.79 Å². The lowest BCUT2D eigenvalue weighted by Gasteiger charge is -2.11. The molecule has 0 saturated heterocycles. The van der Waals surface area contributed by atoms with Crippen molar-refractivity contribution in [2.24, 2.45) is 0 Å². The molecule has 0 bridgehead atoms. The molecule has 0 atom stereocenters. The molecule has 0 spiro atoms. The monoisotopic (exact) mass is 360 g/mol. The van der Waals surface area contributed by atoms with Crippen molar-refractivity contribution in [3.8, 4) is 0 Å². The van der Waals surface area contributed by atoms with Gasteiger partial charge in [0.25, 0.3) is 11.5 Å². The van der Waals surface area contributed by atoms with Crippen molar-refractivity contribution in [1.29, 1.82) is 0 Å². The Labute approximate surface area is 137 Å². The topological polar surface area (TPSA) is 51.1 Å². The van der Waals surface area contributed by atoms with Crippen molar-refractivity contribution in [1.82, 2.24) is 9.88 Å². The summed E-state index contributed by atoms with van der Waals surface area (Å²) in [6, 6.07) is 12.4. The number of benzene rings is 1. The molecule has 114 valence electrons. The summed E-state index contributed by atoms with van der Waals surface area (Å²) in [6.45, 7) is 2.54. The fraction of sp³-hybridized carbons (Fsp3) is 0.176. The van der Waals surface area contributed by atoms with Crippen LogP contribution < -0.4 is 10.9 Å². The molecule has 1 amide bonds. The maximum Gasteiger partial charge on any atom is 0.268 e. The first kappa shape index (κ1) is 16.2. The van der Waals surface area contributed by atoms with Crippen LogP contribution in [0.3, 0.4) is 0 Å². The average Bonchev–Trinajstić information content (AvgIpc) is 2.51. The third-order valence-corrected chi connectivity index (χ3v) is 3.50. The molecule has 22 heavy (non-hydrogen) atoms. The molecule has 0 saturated carbocycles. The lowest BCUT2D eigenvalue weighted by atomic mass is 10.2. The van der Waals surface area contributed by atoms with E-state index in [9.17, 15) is 9.59 Å². The van der Waals surface area contributed by atoms with E-state index in [1.165, 1.54) is 10.6 Å². The molecule has 0 aliphatic rings. The van der Waals surface area contributed by atoms with Crippen molar-refractivity contribution in [2.75, 3.05) is 6.54 Å². The highest BCUT2D eigenvalue weighted by Gasteiger charge is 2.12. The molecule has 4 nitrogen and oxygen atoms in total. The van der Waals surface area contributed by atoms with E-state index in [4.69, 9.17) is 0 Å². The molecule has 0 radical (unpaired) electrons. The standard InChI is InChI=1S/C17H17BrN2O2/c1-2-9-19-17(22)15(20-10-4-3-8-16(20)21)12-13-6-5-7-14(18)11-13/h3-8,10-12H,2,9H2,1H3,(H,19,22)/b15-12+. The zero-order valence-corrected chi connectivity index (χ0v) is 13.8. The number of nitrogens with zero attached hydrogens (tertiary/aromatic N) is 1. The molecular formula is C17H17BrN2O2. The molecule has 2 rings (SSSR count). The minimum Gasteiger partial charge on any atom is -0.351 e. The van der Waals surface area contributed by atoms with Crippen LogP contribution in [0.4, 0.5) is 0 Å². The minimum absolute atomic E-state index is 0.240. The number of hydrogen-bond donors (Lipinski definition) is 1. The minimum atomic E-state index is -0.268. The van der Waals surface area contributed by atoms with Crippen molar-refractivity contribution >= 4 is 33.6 Å². The first-order chi connectivity index (χ1) is 10.6. The Hall–Kier alpha value is -2.14. The quantitative estimate of drug-likeness (QED) is 0.832. The van der Waals surface area contributed by atoms with Gasteiger partial charge >= 0.3 is 0 Å². The van der Waals surface area contributed by atoms with E-state index in [1.807, 2.05) is 31.2 Å². The summed E-state index contributed by atoms with van der Waals surface area (Å²) in [4.78, 5) is 24.4. The van der Waals surface area contributed by atoms with Crippen LogP contribution >= 0.6 is 15.9 Å². The second kappa shape index (κ2) is 7.75. The Kier molecular flexibility index (Phi) is 5.72. The third kappa shape index (κ3) is 4.18. The van der Waals surface area contributed by atoms with E-state index < -0.39 is 0 Å². The molecule has 1 heterocycles. The largest absolute Gasteiger partial charge is 0.351 e. The van der Waals surface area contributed by atoms with Gasteiger partial charge in [-0.25, -0.2) is 0 Å². The Morgan fingerprint density at radius 1 is 1.27 bits per heavy atom. The van der Waals surface area contributed by atoms with E-state index in [0.717, 1.165) is 16.5 Å². The van der Waals surface area contributed by atoms with Gasteiger partial charge in [-0.05, 0) is 36.3 Å². The van der Waals surface area contributed by atoms with Gasteiger partial charge in [-0.2, -0.15) is 0 Å². The van der Waals surface area contributed by atoms with E-state index in [0.29, 0.717) is 12.2 Å². The highest BCUT2D eigenvalue weighted by atomic mass is 79.9. The van der Waals surface area contributed by atoms with Crippen molar-refractivity contribution in [2.45, 2.75) is 13.3 Å². The maximum atomic E-state index is 12.4. The first-order valence-electron chi connectivity index (χ1n) is 7.05. The molecule has 2 aromatic rings.